The molecule has 2 heterocycles. The number of aromatic amines is 1. The third kappa shape index (κ3) is 4.72. The van der Waals surface area contributed by atoms with E-state index in [-0.39, 0.29) is 18.9 Å². The fraction of sp³-hybridized carbons (Fsp3) is 0.318. The molecule has 9 heteroatoms. The summed E-state index contributed by atoms with van der Waals surface area (Å²) in [7, 11) is 3.16. The van der Waals surface area contributed by atoms with Crippen molar-refractivity contribution in [3.05, 3.63) is 51.8 Å². The number of benzene rings is 1. The lowest BCUT2D eigenvalue weighted by molar-refractivity contribution is 0.0461. The normalized spacial score (nSPS) is 10.6. The van der Waals surface area contributed by atoms with E-state index in [4.69, 9.17) is 18.9 Å². The monoisotopic (exact) mass is 444 g/mol. The lowest BCUT2D eigenvalue weighted by Gasteiger charge is -2.08. The van der Waals surface area contributed by atoms with E-state index in [1.54, 1.807) is 35.0 Å². The third-order valence-corrected chi connectivity index (χ3v) is 5.59. The van der Waals surface area contributed by atoms with E-state index in [1.165, 1.54) is 11.3 Å². The quantitative estimate of drug-likeness (QED) is 0.517. The highest BCUT2D eigenvalue weighted by Crippen LogP contribution is 2.33. The van der Waals surface area contributed by atoms with Crippen LogP contribution in [-0.2, 0) is 16.1 Å². The van der Waals surface area contributed by atoms with Gasteiger partial charge in [-0.3, -0.25) is 0 Å². The predicted molar refractivity (Wildman–Crippen MR) is 116 cm³/mol. The van der Waals surface area contributed by atoms with E-state index in [9.17, 15) is 9.59 Å². The highest BCUT2D eigenvalue weighted by molar-refractivity contribution is 7.13. The maximum Gasteiger partial charge on any atom is 0.355 e. The lowest BCUT2D eigenvalue weighted by atomic mass is 10.1. The number of thiazole rings is 1. The number of nitrogens with one attached hydrogen (secondary N) is 1. The molecule has 0 aliphatic rings. The molecular weight excluding hydrogens is 420 g/mol. The van der Waals surface area contributed by atoms with E-state index in [0.29, 0.717) is 34.0 Å². The summed E-state index contributed by atoms with van der Waals surface area (Å²) in [4.78, 5) is 32.1. The summed E-state index contributed by atoms with van der Waals surface area (Å²) < 4.78 is 21.1. The zero-order valence-electron chi connectivity index (χ0n) is 18.0. The fourth-order valence-corrected chi connectivity index (χ4v) is 3.95. The maximum atomic E-state index is 12.6. The Kier molecular flexibility index (Phi) is 6.96. The standard InChI is InChI=1S/C22H24N2O6S/c1-6-29-21(25)18-12(2)19(23-13(18)3)22(26)30-10-15-11-31-20(24-15)14-7-8-16(27-4)17(9-14)28-5/h7-9,11,23H,6,10H2,1-5H3. The van der Waals surface area contributed by atoms with Crippen LogP contribution >= 0.6 is 11.3 Å². The number of ether oxygens (including phenoxy) is 4. The predicted octanol–water partition coefficient (Wildman–Crippen LogP) is 4.31. The first-order chi connectivity index (χ1) is 14.9. The van der Waals surface area contributed by atoms with Crippen LogP contribution in [0.2, 0.25) is 0 Å². The molecule has 2 aromatic heterocycles. The van der Waals surface area contributed by atoms with Crippen LogP contribution < -0.4 is 9.47 Å². The average molecular weight is 445 g/mol. The van der Waals surface area contributed by atoms with Crippen molar-refractivity contribution in [2.24, 2.45) is 0 Å². The molecule has 0 radical (unpaired) electrons. The van der Waals surface area contributed by atoms with E-state index in [2.05, 4.69) is 9.97 Å². The molecule has 0 aliphatic heterocycles. The van der Waals surface area contributed by atoms with Gasteiger partial charge in [0.2, 0.25) is 0 Å². The molecule has 0 saturated heterocycles. The number of methoxy groups -OCH3 is 2. The molecule has 3 aromatic rings. The van der Waals surface area contributed by atoms with Gasteiger partial charge >= 0.3 is 11.9 Å². The summed E-state index contributed by atoms with van der Waals surface area (Å²) in [5.74, 6) is 0.220. The molecular formula is C22H24N2O6S. The minimum atomic E-state index is -0.559. The van der Waals surface area contributed by atoms with Gasteiger partial charge < -0.3 is 23.9 Å². The highest BCUT2D eigenvalue weighted by Gasteiger charge is 2.24. The molecule has 0 bridgehead atoms. The van der Waals surface area contributed by atoms with Crippen molar-refractivity contribution < 1.29 is 28.5 Å². The molecule has 1 N–H and O–H groups in total. The van der Waals surface area contributed by atoms with Crippen molar-refractivity contribution in [1.82, 2.24) is 9.97 Å². The van der Waals surface area contributed by atoms with E-state index < -0.39 is 11.9 Å². The number of H-pyrrole nitrogens is 1. The molecule has 0 atom stereocenters. The van der Waals surface area contributed by atoms with Crippen molar-refractivity contribution in [1.29, 1.82) is 0 Å². The molecule has 0 aliphatic carbocycles. The third-order valence-electron chi connectivity index (χ3n) is 4.65. The Labute approximate surface area is 184 Å². The van der Waals surface area contributed by atoms with Crippen LogP contribution in [-0.4, -0.2) is 42.7 Å². The number of esters is 2. The molecule has 1 aromatic carbocycles. The van der Waals surface area contributed by atoms with Gasteiger partial charge in [-0.25, -0.2) is 14.6 Å². The van der Waals surface area contributed by atoms with Crippen molar-refractivity contribution in [3.8, 4) is 22.1 Å². The minimum absolute atomic E-state index is 0.00880. The van der Waals surface area contributed by atoms with Crippen LogP contribution in [0.4, 0.5) is 0 Å². The van der Waals surface area contributed by atoms with Gasteiger partial charge in [0.05, 0.1) is 32.1 Å². The minimum Gasteiger partial charge on any atom is -0.493 e. The second-order valence-corrected chi connectivity index (χ2v) is 7.49. The van der Waals surface area contributed by atoms with Crippen LogP contribution in [0.15, 0.2) is 23.6 Å². The largest absolute Gasteiger partial charge is 0.493 e. The second-order valence-electron chi connectivity index (χ2n) is 6.64. The molecule has 3 rings (SSSR count). The van der Waals surface area contributed by atoms with Gasteiger partial charge in [-0.15, -0.1) is 11.3 Å². The smallest absolute Gasteiger partial charge is 0.355 e. The van der Waals surface area contributed by atoms with Gasteiger partial charge in [-0.1, -0.05) is 0 Å². The number of aryl methyl sites for hydroxylation is 1. The summed E-state index contributed by atoms with van der Waals surface area (Å²) >= 11 is 1.43. The van der Waals surface area contributed by atoms with Gasteiger partial charge in [-0.05, 0) is 44.5 Å². The van der Waals surface area contributed by atoms with Crippen molar-refractivity contribution in [3.63, 3.8) is 0 Å². The molecule has 164 valence electrons. The van der Waals surface area contributed by atoms with Crippen molar-refractivity contribution in [2.45, 2.75) is 27.4 Å². The number of rotatable bonds is 8. The zero-order valence-corrected chi connectivity index (χ0v) is 18.8. The molecule has 0 amide bonds. The number of aromatic nitrogens is 2. The maximum absolute atomic E-state index is 12.6. The Morgan fingerprint density at radius 3 is 2.48 bits per heavy atom. The van der Waals surface area contributed by atoms with Crippen molar-refractivity contribution in [2.75, 3.05) is 20.8 Å². The molecule has 0 saturated carbocycles. The summed E-state index contributed by atoms with van der Waals surface area (Å²) in [5.41, 5.74) is 3.15. The highest BCUT2D eigenvalue weighted by atomic mass is 32.1. The average Bonchev–Trinajstić information content (AvgIpc) is 3.35. The van der Waals surface area contributed by atoms with Gasteiger partial charge in [0, 0.05) is 16.6 Å². The molecule has 0 unspecified atom stereocenters. The summed E-state index contributed by atoms with van der Waals surface area (Å²) in [6, 6.07) is 5.54. The number of carbonyl (C=O) groups is 2. The van der Waals surface area contributed by atoms with E-state index in [1.807, 2.05) is 23.6 Å². The van der Waals surface area contributed by atoms with Gasteiger partial charge in [0.15, 0.2) is 11.5 Å². The number of carbonyl (C=O) groups excluding carboxylic acids is 2. The number of hydrogen-bond donors (Lipinski definition) is 1. The number of nitrogens with zero attached hydrogens (tertiary/aromatic N) is 1. The van der Waals surface area contributed by atoms with E-state index >= 15 is 0 Å². The first-order valence-corrected chi connectivity index (χ1v) is 10.5. The SMILES string of the molecule is CCOC(=O)c1c(C)[nH]c(C(=O)OCc2csc(-c3ccc(OC)c(OC)c3)n2)c1C. The molecule has 0 fully saturated rings. The van der Waals surface area contributed by atoms with Gasteiger partial charge in [0.1, 0.15) is 17.3 Å². The van der Waals surface area contributed by atoms with Crippen LogP contribution in [0.3, 0.4) is 0 Å². The van der Waals surface area contributed by atoms with Gasteiger partial charge in [0.25, 0.3) is 0 Å². The summed E-state index contributed by atoms with van der Waals surface area (Å²) in [6.45, 7) is 5.40. The van der Waals surface area contributed by atoms with Crippen LogP contribution in [0.25, 0.3) is 10.6 Å². The van der Waals surface area contributed by atoms with Crippen LogP contribution in [0, 0.1) is 13.8 Å². The first-order valence-electron chi connectivity index (χ1n) is 9.59. The summed E-state index contributed by atoms with van der Waals surface area (Å²) in [5, 5.41) is 2.60. The van der Waals surface area contributed by atoms with Crippen LogP contribution in [0.5, 0.6) is 11.5 Å². The Hall–Kier alpha value is -3.33. The Bertz CT molecular complexity index is 1100. The Morgan fingerprint density at radius 2 is 1.81 bits per heavy atom. The van der Waals surface area contributed by atoms with Crippen LogP contribution in [0.1, 0.15) is 44.7 Å². The topological polar surface area (TPSA) is 99.7 Å². The lowest BCUT2D eigenvalue weighted by Crippen LogP contribution is -2.09. The number of hydrogen-bond acceptors (Lipinski definition) is 8. The van der Waals surface area contributed by atoms with Crippen molar-refractivity contribution >= 4 is 23.3 Å². The van der Waals surface area contributed by atoms with E-state index in [0.717, 1.165) is 10.6 Å². The molecule has 8 nitrogen and oxygen atoms in total. The second kappa shape index (κ2) is 9.65. The Morgan fingerprint density at radius 1 is 1.06 bits per heavy atom. The van der Waals surface area contributed by atoms with Gasteiger partial charge in [-0.2, -0.15) is 0 Å². The first kappa shape index (κ1) is 22.4. The molecule has 0 spiro atoms. The Balaban J connectivity index is 1.71. The summed E-state index contributed by atoms with van der Waals surface area (Å²) in [6.07, 6.45) is 0. The zero-order chi connectivity index (χ0) is 22.5. The fourth-order valence-electron chi connectivity index (χ4n) is 3.15. The molecule has 31 heavy (non-hydrogen) atoms.